The standard InChI is InChI=1S/C12H16FNO/c13-11-6-10(7-14-8-11)12(15)5-9-3-1-2-4-9/h6-9,12,15H,1-5H2. The molecule has 1 fully saturated rings. The lowest BCUT2D eigenvalue weighted by Crippen LogP contribution is -2.05. The minimum Gasteiger partial charge on any atom is -0.388 e. The van der Waals surface area contributed by atoms with Crippen LogP contribution in [0.1, 0.15) is 43.8 Å². The van der Waals surface area contributed by atoms with Gasteiger partial charge in [-0.05, 0) is 18.4 Å². The third-order valence-electron chi connectivity index (χ3n) is 3.14. The third kappa shape index (κ3) is 2.75. The van der Waals surface area contributed by atoms with Crippen molar-refractivity contribution in [1.82, 2.24) is 4.98 Å². The molecular formula is C12H16FNO. The summed E-state index contributed by atoms with van der Waals surface area (Å²) in [7, 11) is 0. The number of aromatic nitrogens is 1. The Labute approximate surface area is 89.2 Å². The molecule has 2 nitrogen and oxygen atoms in total. The highest BCUT2D eigenvalue weighted by atomic mass is 19.1. The van der Waals surface area contributed by atoms with Crippen LogP contribution >= 0.6 is 0 Å². The first kappa shape index (κ1) is 10.6. The molecule has 1 aromatic rings. The first-order valence-electron chi connectivity index (χ1n) is 5.54. The Kier molecular flexibility index (Phi) is 3.31. The smallest absolute Gasteiger partial charge is 0.141 e. The molecule has 0 aromatic carbocycles. The highest BCUT2D eigenvalue weighted by molar-refractivity contribution is 5.13. The fraction of sp³-hybridized carbons (Fsp3) is 0.583. The van der Waals surface area contributed by atoms with E-state index in [2.05, 4.69) is 4.98 Å². The van der Waals surface area contributed by atoms with Crippen LogP contribution in [0.3, 0.4) is 0 Å². The van der Waals surface area contributed by atoms with Crippen molar-refractivity contribution in [2.24, 2.45) is 5.92 Å². The quantitative estimate of drug-likeness (QED) is 0.830. The third-order valence-corrected chi connectivity index (χ3v) is 3.14. The lowest BCUT2D eigenvalue weighted by Gasteiger charge is -2.15. The summed E-state index contributed by atoms with van der Waals surface area (Å²) in [6.45, 7) is 0. The van der Waals surface area contributed by atoms with Crippen LogP contribution in [0.4, 0.5) is 4.39 Å². The summed E-state index contributed by atoms with van der Waals surface area (Å²) in [6.07, 6.45) is 7.80. The molecule has 0 aliphatic heterocycles. The van der Waals surface area contributed by atoms with Crippen molar-refractivity contribution in [3.63, 3.8) is 0 Å². The van der Waals surface area contributed by atoms with Gasteiger partial charge in [0, 0.05) is 11.8 Å². The van der Waals surface area contributed by atoms with Crippen molar-refractivity contribution < 1.29 is 9.50 Å². The van der Waals surface area contributed by atoms with Gasteiger partial charge in [0.05, 0.1) is 12.3 Å². The van der Waals surface area contributed by atoms with Crippen molar-refractivity contribution >= 4 is 0 Å². The molecule has 15 heavy (non-hydrogen) atoms. The van der Waals surface area contributed by atoms with E-state index >= 15 is 0 Å². The van der Waals surface area contributed by atoms with Crippen LogP contribution in [0, 0.1) is 11.7 Å². The maximum Gasteiger partial charge on any atom is 0.141 e. The summed E-state index contributed by atoms with van der Waals surface area (Å²) in [5.41, 5.74) is 0.599. The van der Waals surface area contributed by atoms with E-state index in [4.69, 9.17) is 0 Å². The van der Waals surface area contributed by atoms with Crippen molar-refractivity contribution in [3.8, 4) is 0 Å². The zero-order valence-corrected chi connectivity index (χ0v) is 8.69. The molecule has 0 bridgehead atoms. The number of aliphatic hydroxyl groups excluding tert-OH is 1. The Morgan fingerprint density at radius 3 is 2.80 bits per heavy atom. The van der Waals surface area contributed by atoms with Crippen LogP contribution in [-0.2, 0) is 0 Å². The molecule has 0 radical (unpaired) electrons. The van der Waals surface area contributed by atoms with Crippen LogP contribution in [0.5, 0.6) is 0 Å². The minimum atomic E-state index is -0.559. The number of halogens is 1. The summed E-state index contributed by atoms with van der Waals surface area (Å²) in [6, 6.07) is 1.37. The second-order valence-electron chi connectivity index (χ2n) is 4.34. The summed E-state index contributed by atoms with van der Waals surface area (Å²) in [5, 5.41) is 9.90. The zero-order valence-electron chi connectivity index (χ0n) is 8.69. The SMILES string of the molecule is OC(CC1CCCC1)c1cncc(F)c1. The van der Waals surface area contributed by atoms with E-state index in [1.54, 1.807) is 6.20 Å². The van der Waals surface area contributed by atoms with Crippen molar-refractivity contribution in [2.75, 3.05) is 0 Å². The van der Waals surface area contributed by atoms with E-state index in [1.807, 2.05) is 0 Å². The molecule has 1 aromatic heterocycles. The number of pyridine rings is 1. The van der Waals surface area contributed by atoms with Gasteiger partial charge in [0.2, 0.25) is 0 Å². The molecular weight excluding hydrogens is 193 g/mol. The van der Waals surface area contributed by atoms with E-state index in [-0.39, 0.29) is 5.82 Å². The van der Waals surface area contributed by atoms with Gasteiger partial charge in [0.1, 0.15) is 5.82 Å². The largest absolute Gasteiger partial charge is 0.388 e. The molecule has 1 N–H and O–H groups in total. The Hall–Kier alpha value is -0.960. The maximum atomic E-state index is 12.9. The lowest BCUT2D eigenvalue weighted by atomic mass is 9.96. The molecule has 3 heteroatoms. The summed E-state index contributed by atoms with van der Waals surface area (Å²) >= 11 is 0. The normalized spacial score (nSPS) is 19.3. The van der Waals surface area contributed by atoms with E-state index in [9.17, 15) is 9.50 Å². The van der Waals surface area contributed by atoms with Gasteiger partial charge in [0.25, 0.3) is 0 Å². The van der Waals surface area contributed by atoms with Crippen LogP contribution in [0.25, 0.3) is 0 Å². The number of hydrogen-bond acceptors (Lipinski definition) is 2. The summed E-state index contributed by atoms with van der Waals surface area (Å²) < 4.78 is 12.9. The van der Waals surface area contributed by atoms with E-state index in [1.165, 1.54) is 31.7 Å². The van der Waals surface area contributed by atoms with Gasteiger partial charge >= 0.3 is 0 Å². The topological polar surface area (TPSA) is 33.1 Å². The van der Waals surface area contributed by atoms with Gasteiger partial charge in [-0.2, -0.15) is 0 Å². The van der Waals surface area contributed by atoms with Gasteiger partial charge in [-0.15, -0.1) is 0 Å². The molecule has 0 saturated heterocycles. The second kappa shape index (κ2) is 4.71. The van der Waals surface area contributed by atoms with Gasteiger partial charge in [0.15, 0.2) is 0 Å². The van der Waals surface area contributed by atoms with Crippen LogP contribution < -0.4 is 0 Å². The molecule has 82 valence electrons. The molecule has 1 aliphatic carbocycles. The van der Waals surface area contributed by atoms with Crippen molar-refractivity contribution in [1.29, 1.82) is 0 Å². The number of rotatable bonds is 3. The summed E-state index contributed by atoms with van der Waals surface area (Å²) in [5.74, 6) is 0.223. The number of aliphatic hydroxyl groups is 1. The predicted octanol–water partition coefficient (Wildman–Crippen LogP) is 2.83. The minimum absolute atomic E-state index is 0.377. The highest BCUT2D eigenvalue weighted by Crippen LogP contribution is 2.32. The maximum absolute atomic E-state index is 12.9. The van der Waals surface area contributed by atoms with Crippen LogP contribution in [0.15, 0.2) is 18.5 Å². The number of hydrogen-bond donors (Lipinski definition) is 1. The molecule has 0 amide bonds. The first-order valence-corrected chi connectivity index (χ1v) is 5.54. The van der Waals surface area contributed by atoms with Crippen molar-refractivity contribution in [2.45, 2.75) is 38.2 Å². The first-order chi connectivity index (χ1) is 7.25. The van der Waals surface area contributed by atoms with E-state index in [0.29, 0.717) is 11.5 Å². The summed E-state index contributed by atoms with van der Waals surface area (Å²) in [4.78, 5) is 3.74. The van der Waals surface area contributed by atoms with Gasteiger partial charge in [-0.1, -0.05) is 25.7 Å². The van der Waals surface area contributed by atoms with E-state index < -0.39 is 6.10 Å². The highest BCUT2D eigenvalue weighted by Gasteiger charge is 2.20. The number of nitrogens with zero attached hydrogens (tertiary/aromatic N) is 1. The fourth-order valence-corrected chi connectivity index (χ4v) is 2.31. The molecule has 0 spiro atoms. The monoisotopic (exact) mass is 209 g/mol. The zero-order chi connectivity index (χ0) is 10.7. The van der Waals surface area contributed by atoms with Crippen LogP contribution in [-0.4, -0.2) is 10.1 Å². The molecule has 1 atom stereocenters. The second-order valence-corrected chi connectivity index (χ2v) is 4.34. The Morgan fingerprint density at radius 1 is 1.40 bits per heavy atom. The molecule has 1 saturated carbocycles. The molecule has 1 heterocycles. The van der Waals surface area contributed by atoms with Gasteiger partial charge in [-0.3, -0.25) is 4.98 Å². The van der Waals surface area contributed by atoms with Gasteiger partial charge in [-0.25, -0.2) is 4.39 Å². The Balaban J connectivity index is 1.97. The molecule has 1 aliphatic rings. The average molecular weight is 209 g/mol. The van der Waals surface area contributed by atoms with Crippen LogP contribution in [0.2, 0.25) is 0 Å². The van der Waals surface area contributed by atoms with Crippen molar-refractivity contribution in [3.05, 3.63) is 29.8 Å². The molecule has 2 rings (SSSR count). The van der Waals surface area contributed by atoms with Gasteiger partial charge < -0.3 is 5.11 Å². The average Bonchev–Trinajstić information content (AvgIpc) is 2.70. The lowest BCUT2D eigenvalue weighted by molar-refractivity contribution is 0.144. The van der Waals surface area contributed by atoms with E-state index in [0.717, 1.165) is 12.6 Å². The fourth-order valence-electron chi connectivity index (χ4n) is 2.31. The Morgan fingerprint density at radius 2 is 2.13 bits per heavy atom. The Bertz CT molecular complexity index is 323. The molecule has 1 unspecified atom stereocenters. The predicted molar refractivity (Wildman–Crippen MR) is 55.7 cm³/mol.